The van der Waals surface area contributed by atoms with Crippen LogP contribution in [-0.2, 0) is 19.6 Å². The van der Waals surface area contributed by atoms with Crippen LogP contribution in [0.5, 0.6) is 17.2 Å². The van der Waals surface area contributed by atoms with Gasteiger partial charge in [0.25, 0.3) is 11.8 Å². The van der Waals surface area contributed by atoms with Crippen LogP contribution in [0.1, 0.15) is 22.8 Å². The number of amides is 3. The van der Waals surface area contributed by atoms with Gasteiger partial charge in [0.2, 0.25) is 15.9 Å². The molecule has 0 spiro atoms. The lowest BCUT2D eigenvalue weighted by Gasteiger charge is -2.15. The summed E-state index contributed by atoms with van der Waals surface area (Å²) in [6.45, 7) is 1.71. The zero-order valence-electron chi connectivity index (χ0n) is 26.5. The van der Waals surface area contributed by atoms with Crippen molar-refractivity contribution in [2.24, 2.45) is 5.14 Å². The number of anilines is 2. The van der Waals surface area contributed by atoms with Crippen LogP contribution < -0.4 is 35.3 Å². The summed E-state index contributed by atoms with van der Waals surface area (Å²) in [6, 6.07) is 24.1. The number of rotatable bonds is 13. The Morgan fingerprint density at radius 3 is 2.04 bits per heavy atom. The first-order chi connectivity index (χ1) is 22.9. The summed E-state index contributed by atoms with van der Waals surface area (Å²) in [5.41, 5.74) is 1.53. The van der Waals surface area contributed by atoms with E-state index in [9.17, 15) is 22.8 Å². The number of ether oxygens (including phenoxy) is 3. The summed E-state index contributed by atoms with van der Waals surface area (Å²) < 4.78 is 39.3. The minimum absolute atomic E-state index is 0.0673. The molecule has 4 aromatic carbocycles. The normalized spacial score (nSPS) is 12.0. The highest BCUT2D eigenvalue weighted by atomic mass is 32.2. The first-order valence-electron chi connectivity index (χ1n) is 14.3. The molecule has 0 saturated carbocycles. The van der Waals surface area contributed by atoms with E-state index in [0.29, 0.717) is 44.6 Å². The van der Waals surface area contributed by atoms with Crippen molar-refractivity contribution in [2.75, 3.05) is 32.0 Å². The number of nitrogens with two attached hydrogens (primary N) is 1. The predicted molar refractivity (Wildman–Crippen MR) is 185 cm³/mol. The van der Waals surface area contributed by atoms with E-state index in [1.807, 2.05) is 0 Å². The monoisotopic (exact) mass is 690 g/mol. The van der Waals surface area contributed by atoms with Gasteiger partial charge in [0.05, 0.1) is 31.5 Å². The fourth-order valence-corrected chi connectivity index (χ4v) is 5.78. The van der Waals surface area contributed by atoms with E-state index in [0.717, 1.165) is 0 Å². The Morgan fingerprint density at radius 1 is 0.771 bits per heavy atom. The summed E-state index contributed by atoms with van der Waals surface area (Å²) in [6.07, 6.45) is 1.47. The lowest BCUT2D eigenvalue weighted by molar-refractivity contribution is -0.115. The maximum Gasteiger partial charge on any atom is 0.272 e. The van der Waals surface area contributed by atoms with Crippen molar-refractivity contribution in [3.8, 4) is 17.2 Å². The Kier molecular flexibility index (Phi) is 11.8. The number of carbonyl (C=O) groups excluding carboxylic acids is 3. The maximum atomic E-state index is 13.7. The van der Waals surface area contributed by atoms with E-state index in [1.54, 1.807) is 73.7 Å². The SMILES string of the molecule is COc1cc(OC)c(OC)cc1/C=C(/NC(=O)c1ccccc1)C(=O)Nc1cccc(SC(C)C(=O)Nc2ccc(S(N)(=O)=O)cc2)c1. The molecule has 12 nitrogen and oxygen atoms in total. The average molecular weight is 691 g/mol. The Balaban J connectivity index is 1.54. The molecule has 0 aliphatic carbocycles. The standard InChI is InChI=1S/C34H34N4O8S2/c1-21(32(39)36-24-13-15-27(16-14-24)48(35,42)43)47-26-12-8-11-25(19-26)37-34(41)28(38-33(40)22-9-6-5-7-10-22)17-23-18-30(45-3)31(46-4)20-29(23)44-2/h5-21H,1-4H3,(H,36,39)(H,37,41)(H,38,40)(H2,35,42,43)/b28-17+. The summed E-state index contributed by atoms with van der Waals surface area (Å²) >= 11 is 1.25. The first-order valence-corrected chi connectivity index (χ1v) is 16.7. The number of primary sulfonamides is 1. The molecule has 0 aliphatic heterocycles. The molecule has 3 amide bonds. The smallest absolute Gasteiger partial charge is 0.272 e. The van der Waals surface area contributed by atoms with Crippen molar-refractivity contribution >= 4 is 57.0 Å². The van der Waals surface area contributed by atoms with Gasteiger partial charge in [-0.15, -0.1) is 11.8 Å². The number of methoxy groups -OCH3 is 3. The molecule has 0 saturated heterocycles. The number of benzene rings is 4. The predicted octanol–water partition coefficient (Wildman–Crippen LogP) is 4.89. The molecule has 4 rings (SSSR count). The van der Waals surface area contributed by atoms with Crippen molar-refractivity contribution in [3.05, 3.63) is 108 Å². The van der Waals surface area contributed by atoms with Crippen LogP contribution in [0.2, 0.25) is 0 Å². The van der Waals surface area contributed by atoms with Crippen molar-refractivity contribution in [1.82, 2.24) is 5.32 Å². The van der Waals surface area contributed by atoms with Gasteiger partial charge in [0, 0.05) is 33.5 Å². The van der Waals surface area contributed by atoms with Crippen molar-refractivity contribution < 1.29 is 37.0 Å². The number of carbonyl (C=O) groups is 3. The molecule has 5 N–H and O–H groups in total. The minimum atomic E-state index is -3.85. The summed E-state index contributed by atoms with van der Waals surface area (Å²) in [5.74, 6) is -0.259. The highest BCUT2D eigenvalue weighted by Crippen LogP contribution is 2.36. The molecule has 0 aromatic heterocycles. The lowest BCUT2D eigenvalue weighted by atomic mass is 10.1. The number of hydrogen-bond acceptors (Lipinski definition) is 9. The van der Waals surface area contributed by atoms with Gasteiger partial charge in [0.15, 0.2) is 11.5 Å². The van der Waals surface area contributed by atoms with Crippen LogP contribution in [0.4, 0.5) is 11.4 Å². The van der Waals surface area contributed by atoms with Gasteiger partial charge in [-0.1, -0.05) is 24.3 Å². The minimum Gasteiger partial charge on any atom is -0.496 e. The molecule has 0 bridgehead atoms. The molecular weight excluding hydrogens is 657 g/mol. The zero-order valence-corrected chi connectivity index (χ0v) is 28.1. The van der Waals surface area contributed by atoms with Gasteiger partial charge in [-0.3, -0.25) is 14.4 Å². The summed E-state index contributed by atoms with van der Waals surface area (Å²) in [7, 11) is 0.582. The molecular formula is C34H34N4O8S2. The molecule has 48 heavy (non-hydrogen) atoms. The topological polar surface area (TPSA) is 175 Å². The molecule has 250 valence electrons. The van der Waals surface area contributed by atoms with E-state index in [2.05, 4.69) is 16.0 Å². The molecule has 0 radical (unpaired) electrons. The average Bonchev–Trinajstić information content (AvgIpc) is 3.07. The van der Waals surface area contributed by atoms with E-state index >= 15 is 0 Å². The van der Waals surface area contributed by atoms with Crippen LogP contribution in [0.3, 0.4) is 0 Å². The highest BCUT2D eigenvalue weighted by molar-refractivity contribution is 8.00. The third-order valence-electron chi connectivity index (χ3n) is 6.79. The Labute approximate surface area is 282 Å². The van der Waals surface area contributed by atoms with Crippen LogP contribution in [-0.4, -0.2) is 52.7 Å². The second-order valence-corrected chi connectivity index (χ2v) is 13.1. The highest BCUT2D eigenvalue weighted by Gasteiger charge is 2.19. The maximum absolute atomic E-state index is 13.7. The fraction of sp³-hybridized carbons (Fsp3) is 0.147. The van der Waals surface area contributed by atoms with E-state index in [4.69, 9.17) is 19.3 Å². The van der Waals surface area contributed by atoms with Gasteiger partial charge in [0.1, 0.15) is 11.4 Å². The summed E-state index contributed by atoms with van der Waals surface area (Å²) in [5, 5.41) is 12.8. The van der Waals surface area contributed by atoms with E-state index in [1.165, 1.54) is 63.4 Å². The van der Waals surface area contributed by atoms with Crippen LogP contribution in [0, 0.1) is 0 Å². The molecule has 4 aromatic rings. The quantitative estimate of drug-likeness (QED) is 0.112. The van der Waals surface area contributed by atoms with E-state index in [-0.39, 0.29) is 16.5 Å². The van der Waals surface area contributed by atoms with Crippen molar-refractivity contribution in [3.63, 3.8) is 0 Å². The second kappa shape index (κ2) is 16.0. The third-order valence-corrected chi connectivity index (χ3v) is 8.81. The van der Waals surface area contributed by atoms with Crippen LogP contribution in [0.15, 0.2) is 106 Å². The number of sulfonamides is 1. The van der Waals surface area contributed by atoms with Gasteiger partial charge in [-0.25, -0.2) is 13.6 Å². The molecule has 0 fully saturated rings. The Hall–Kier alpha value is -5.31. The van der Waals surface area contributed by atoms with Crippen molar-refractivity contribution in [2.45, 2.75) is 22.0 Å². The van der Waals surface area contributed by atoms with Gasteiger partial charge in [-0.05, 0) is 73.7 Å². The van der Waals surface area contributed by atoms with Crippen LogP contribution in [0.25, 0.3) is 6.08 Å². The Morgan fingerprint density at radius 2 is 1.42 bits per heavy atom. The van der Waals surface area contributed by atoms with Gasteiger partial charge in [-0.2, -0.15) is 0 Å². The third kappa shape index (κ3) is 9.37. The van der Waals surface area contributed by atoms with Crippen LogP contribution >= 0.6 is 11.8 Å². The summed E-state index contributed by atoms with van der Waals surface area (Å²) in [4.78, 5) is 40.3. The lowest BCUT2D eigenvalue weighted by Crippen LogP contribution is -2.30. The van der Waals surface area contributed by atoms with Gasteiger partial charge < -0.3 is 30.2 Å². The molecule has 1 atom stereocenters. The Bertz CT molecular complexity index is 1930. The molecule has 0 aliphatic rings. The largest absolute Gasteiger partial charge is 0.496 e. The van der Waals surface area contributed by atoms with Gasteiger partial charge >= 0.3 is 0 Å². The molecule has 14 heteroatoms. The first kappa shape index (κ1) is 35.5. The number of nitrogens with one attached hydrogen (secondary N) is 3. The molecule has 1 unspecified atom stereocenters. The van der Waals surface area contributed by atoms with Crippen molar-refractivity contribution in [1.29, 1.82) is 0 Å². The fourth-order valence-electron chi connectivity index (χ4n) is 4.34. The number of thioether (sulfide) groups is 1. The second-order valence-electron chi connectivity index (χ2n) is 10.1. The number of hydrogen-bond donors (Lipinski definition) is 4. The van der Waals surface area contributed by atoms with E-state index < -0.39 is 27.1 Å². The molecule has 0 heterocycles. The zero-order chi connectivity index (χ0) is 34.8.